The average Bonchev–Trinajstić information content (AvgIpc) is 2.30. The number of allylic oxidation sites excluding steroid dienone is 2. The van der Waals surface area contributed by atoms with Crippen LogP contribution in [0.15, 0.2) is 35.9 Å². The van der Waals surface area contributed by atoms with E-state index in [1.54, 1.807) is 0 Å². The fourth-order valence-electron chi connectivity index (χ4n) is 2.45. The van der Waals surface area contributed by atoms with Crippen LogP contribution in [-0.4, -0.2) is 5.78 Å². The summed E-state index contributed by atoms with van der Waals surface area (Å²) in [4.78, 5) is 11.9. The molecular weight excluding hydrogens is 208 g/mol. The van der Waals surface area contributed by atoms with Gasteiger partial charge in [0.05, 0.1) is 0 Å². The third-order valence-electron chi connectivity index (χ3n) is 3.32. The summed E-state index contributed by atoms with van der Waals surface area (Å²) in [6.07, 6.45) is 8.52. The van der Waals surface area contributed by atoms with Crippen LogP contribution < -0.4 is 0 Å². The van der Waals surface area contributed by atoms with E-state index >= 15 is 0 Å². The monoisotopic (exact) mass is 228 g/mol. The van der Waals surface area contributed by atoms with Gasteiger partial charge < -0.3 is 0 Å². The molecule has 0 N–H and O–H groups in total. The van der Waals surface area contributed by atoms with Crippen LogP contribution in [0.3, 0.4) is 0 Å². The van der Waals surface area contributed by atoms with Gasteiger partial charge in [-0.05, 0) is 44.2 Å². The second-order valence-electron chi connectivity index (χ2n) is 5.00. The highest BCUT2D eigenvalue weighted by Crippen LogP contribution is 2.22. The number of hydrogen-bond donors (Lipinski definition) is 0. The van der Waals surface area contributed by atoms with E-state index in [1.165, 1.54) is 30.4 Å². The van der Waals surface area contributed by atoms with Crippen molar-refractivity contribution in [3.63, 3.8) is 0 Å². The summed E-state index contributed by atoms with van der Waals surface area (Å²) in [6.45, 7) is 2.06. The number of benzene rings is 1. The lowest BCUT2D eigenvalue weighted by Crippen LogP contribution is -2.02. The van der Waals surface area contributed by atoms with Crippen LogP contribution in [0.4, 0.5) is 0 Å². The predicted molar refractivity (Wildman–Crippen MR) is 71.1 cm³/mol. The van der Waals surface area contributed by atoms with Crippen LogP contribution in [0.25, 0.3) is 0 Å². The van der Waals surface area contributed by atoms with Crippen molar-refractivity contribution in [1.82, 2.24) is 0 Å². The lowest BCUT2D eigenvalue weighted by Gasteiger charge is -2.12. The van der Waals surface area contributed by atoms with Gasteiger partial charge in [-0.3, -0.25) is 4.79 Å². The second kappa shape index (κ2) is 5.81. The summed E-state index contributed by atoms with van der Waals surface area (Å²) in [7, 11) is 0. The maximum absolute atomic E-state index is 11.9. The molecule has 1 aromatic rings. The molecule has 1 heteroatoms. The van der Waals surface area contributed by atoms with Crippen molar-refractivity contribution in [2.24, 2.45) is 0 Å². The highest BCUT2D eigenvalue weighted by Gasteiger charge is 2.08. The van der Waals surface area contributed by atoms with Crippen molar-refractivity contribution < 1.29 is 4.79 Å². The molecule has 0 atom stereocenters. The average molecular weight is 228 g/mol. The molecule has 0 heterocycles. The van der Waals surface area contributed by atoms with Crippen LogP contribution in [0.2, 0.25) is 0 Å². The van der Waals surface area contributed by atoms with E-state index in [4.69, 9.17) is 0 Å². The molecule has 0 aliphatic heterocycles. The molecule has 1 aliphatic carbocycles. The molecule has 1 aromatic carbocycles. The Morgan fingerprint density at radius 2 is 2.00 bits per heavy atom. The molecule has 0 unspecified atom stereocenters. The van der Waals surface area contributed by atoms with Gasteiger partial charge in [0, 0.05) is 6.42 Å². The first-order valence-corrected chi connectivity index (χ1v) is 6.52. The van der Waals surface area contributed by atoms with Crippen molar-refractivity contribution in [2.75, 3.05) is 0 Å². The molecule has 0 saturated heterocycles. The van der Waals surface area contributed by atoms with E-state index in [9.17, 15) is 4.79 Å². The maximum Gasteiger partial charge on any atom is 0.160 e. The Kier molecular flexibility index (Phi) is 4.13. The number of rotatable bonds is 3. The number of carbonyl (C=O) groups excluding carboxylic acids is 1. The lowest BCUT2D eigenvalue weighted by molar-refractivity contribution is -0.114. The molecule has 0 aromatic heterocycles. The van der Waals surface area contributed by atoms with Crippen LogP contribution in [0.5, 0.6) is 0 Å². The van der Waals surface area contributed by atoms with Gasteiger partial charge in [0.1, 0.15) is 0 Å². The fourth-order valence-corrected chi connectivity index (χ4v) is 2.45. The van der Waals surface area contributed by atoms with Crippen molar-refractivity contribution in [3.05, 3.63) is 47.0 Å². The predicted octanol–water partition coefficient (Wildman–Crippen LogP) is 4.00. The van der Waals surface area contributed by atoms with Crippen molar-refractivity contribution in [1.29, 1.82) is 0 Å². The quantitative estimate of drug-likeness (QED) is 0.715. The summed E-state index contributed by atoms with van der Waals surface area (Å²) >= 11 is 0. The minimum absolute atomic E-state index is 0.257. The molecule has 1 fully saturated rings. The van der Waals surface area contributed by atoms with Crippen LogP contribution >= 0.6 is 0 Å². The van der Waals surface area contributed by atoms with Gasteiger partial charge >= 0.3 is 0 Å². The van der Waals surface area contributed by atoms with E-state index in [0.29, 0.717) is 6.42 Å². The Morgan fingerprint density at radius 3 is 2.71 bits per heavy atom. The van der Waals surface area contributed by atoms with E-state index < -0.39 is 0 Å². The molecule has 0 spiro atoms. The second-order valence-corrected chi connectivity index (χ2v) is 5.00. The van der Waals surface area contributed by atoms with Crippen molar-refractivity contribution in [3.8, 4) is 0 Å². The van der Waals surface area contributed by atoms with Gasteiger partial charge in [-0.2, -0.15) is 0 Å². The largest absolute Gasteiger partial charge is 0.294 e. The normalized spacial score (nSPS) is 15.7. The topological polar surface area (TPSA) is 17.1 Å². The number of carbonyl (C=O) groups is 1. The van der Waals surface area contributed by atoms with Gasteiger partial charge in [-0.15, -0.1) is 0 Å². The Morgan fingerprint density at radius 1 is 1.24 bits per heavy atom. The van der Waals surface area contributed by atoms with E-state index in [2.05, 4.69) is 19.1 Å². The summed E-state index contributed by atoms with van der Waals surface area (Å²) < 4.78 is 0. The smallest absolute Gasteiger partial charge is 0.160 e. The van der Waals surface area contributed by atoms with Crippen molar-refractivity contribution in [2.45, 2.75) is 45.4 Å². The Hall–Kier alpha value is -1.37. The number of hydrogen-bond acceptors (Lipinski definition) is 1. The lowest BCUT2D eigenvalue weighted by atomic mass is 9.93. The standard InChI is InChI=1S/C16H20O/c1-13-6-5-9-15(10-13)12-16(17)11-14-7-3-2-4-8-14/h5-6,9-11H,2-4,7-8,12H2,1H3. The van der Waals surface area contributed by atoms with Crippen LogP contribution in [-0.2, 0) is 11.2 Å². The molecule has 1 nitrogen and oxygen atoms in total. The third-order valence-corrected chi connectivity index (χ3v) is 3.32. The summed E-state index contributed by atoms with van der Waals surface area (Å²) in [5.74, 6) is 0.257. The first kappa shape index (κ1) is 12.1. The zero-order valence-corrected chi connectivity index (χ0v) is 10.5. The number of ketones is 1. The molecular formula is C16H20O. The SMILES string of the molecule is Cc1cccc(CC(=O)C=C2CCCCC2)c1. The highest BCUT2D eigenvalue weighted by atomic mass is 16.1. The Bertz CT molecular complexity index is 421. The molecule has 17 heavy (non-hydrogen) atoms. The van der Waals surface area contributed by atoms with Gasteiger partial charge in [0.15, 0.2) is 5.78 Å². The van der Waals surface area contributed by atoms with Crippen LogP contribution in [0, 0.1) is 6.92 Å². The minimum Gasteiger partial charge on any atom is -0.294 e. The zero-order chi connectivity index (χ0) is 12.1. The summed E-state index contributed by atoms with van der Waals surface area (Å²) in [6, 6.07) is 8.21. The van der Waals surface area contributed by atoms with Gasteiger partial charge in [-0.1, -0.05) is 41.8 Å². The minimum atomic E-state index is 0.257. The first-order valence-electron chi connectivity index (χ1n) is 6.52. The maximum atomic E-state index is 11.9. The third kappa shape index (κ3) is 3.85. The fraction of sp³-hybridized carbons (Fsp3) is 0.438. The molecule has 2 rings (SSSR count). The van der Waals surface area contributed by atoms with Gasteiger partial charge in [0.25, 0.3) is 0 Å². The summed E-state index contributed by atoms with van der Waals surface area (Å²) in [5.41, 5.74) is 3.71. The molecule has 0 bridgehead atoms. The first-order chi connectivity index (χ1) is 8.24. The molecule has 90 valence electrons. The van der Waals surface area contributed by atoms with Crippen LogP contribution in [0.1, 0.15) is 43.2 Å². The number of aryl methyl sites for hydroxylation is 1. The van der Waals surface area contributed by atoms with E-state index in [-0.39, 0.29) is 5.78 Å². The van der Waals surface area contributed by atoms with Crippen molar-refractivity contribution >= 4 is 5.78 Å². The van der Waals surface area contributed by atoms with E-state index in [0.717, 1.165) is 18.4 Å². The zero-order valence-electron chi connectivity index (χ0n) is 10.5. The Balaban J connectivity index is 1.97. The van der Waals surface area contributed by atoms with E-state index in [1.807, 2.05) is 18.2 Å². The molecule has 0 amide bonds. The van der Waals surface area contributed by atoms with Gasteiger partial charge in [-0.25, -0.2) is 0 Å². The Labute approximate surface area is 104 Å². The molecule has 1 aliphatic rings. The van der Waals surface area contributed by atoms with Gasteiger partial charge in [0.2, 0.25) is 0 Å². The summed E-state index contributed by atoms with van der Waals surface area (Å²) in [5, 5.41) is 0. The molecule has 1 saturated carbocycles. The highest BCUT2D eigenvalue weighted by molar-refractivity contribution is 5.92. The molecule has 0 radical (unpaired) electrons.